The van der Waals surface area contributed by atoms with Gasteiger partial charge in [0.2, 0.25) is 0 Å². The molecule has 0 unspecified atom stereocenters. The van der Waals surface area contributed by atoms with Gasteiger partial charge in [-0.05, 0) is 44.7 Å². The number of carbonyl (C=O) groups is 1. The number of aryl methyl sites for hydroxylation is 2. The molecule has 2 rings (SSSR count). The van der Waals surface area contributed by atoms with Crippen LogP contribution in [0.5, 0.6) is 0 Å². The summed E-state index contributed by atoms with van der Waals surface area (Å²) in [7, 11) is 0. The number of anilines is 1. The average molecular weight is 234 g/mol. The van der Waals surface area contributed by atoms with E-state index in [4.69, 9.17) is 5.11 Å². The van der Waals surface area contributed by atoms with Crippen LogP contribution in [0.15, 0.2) is 12.1 Å². The molecule has 1 aromatic rings. The van der Waals surface area contributed by atoms with E-state index < -0.39 is 5.97 Å². The van der Waals surface area contributed by atoms with Crippen molar-refractivity contribution in [2.75, 3.05) is 11.4 Å². The number of hydrogen-bond donors (Lipinski definition) is 1. The molecule has 92 valence electrons. The molecule has 0 saturated heterocycles. The van der Waals surface area contributed by atoms with Crippen molar-refractivity contribution < 1.29 is 9.90 Å². The second kappa shape index (κ2) is 4.73. The molecule has 0 atom stereocenters. The van der Waals surface area contributed by atoms with Crippen molar-refractivity contribution in [3.05, 3.63) is 23.4 Å². The second-order valence-corrected chi connectivity index (χ2v) is 4.74. The van der Waals surface area contributed by atoms with Crippen molar-refractivity contribution in [1.29, 1.82) is 0 Å². The lowest BCUT2D eigenvalue weighted by molar-refractivity contribution is -0.135. The number of nitrogens with zero attached hydrogens (tertiary/aromatic N) is 2. The summed E-state index contributed by atoms with van der Waals surface area (Å²) >= 11 is 0. The van der Waals surface area contributed by atoms with Crippen LogP contribution in [0.3, 0.4) is 0 Å². The third kappa shape index (κ3) is 2.57. The van der Waals surface area contributed by atoms with Gasteiger partial charge in [-0.15, -0.1) is 0 Å². The van der Waals surface area contributed by atoms with Gasteiger partial charge in [0, 0.05) is 11.7 Å². The summed E-state index contributed by atoms with van der Waals surface area (Å²) < 4.78 is 0. The van der Waals surface area contributed by atoms with Crippen molar-refractivity contribution >= 4 is 11.8 Å². The van der Waals surface area contributed by atoms with E-state index in [1.54, 1.807) is 0 Å². The molecule has 4 heteroatoms. The van der Waals surface area contributed by atoms with Gasteiger partial charge in [-0.2, -0.15) is 0 Å². The molecule has 0 radical (unpaired) electrons. The monoisotopic (exact) mass is 234 g/mol. The number of aliphatic carboxylic acids is 1. The summed E-state index contributed by atoms with van der Waals surface area (Å²) in [6.07, 6.45) is 3.28. The van der Waals surface area contributed by atoms with Gasteiger partial charge in [-0.25, -0.2) is 4.98 Å². The molecule has 0 bridgehead atoms. The molecule has 0 amide bonds. The molecule has 4 nitrogen and oxygen atoms in total. The standard InChI is InChI=1S/C13H18N2O2/c1-9(2)15(8-13(16)17)12-7-6-10-4-3-5-11(10)14-12/h6-7,9H,3-5,8H2,1-2H3,(H,16,17). The van der Waals surface area contributed by atoms with E-state index in [0.717, 1.165) is 30.8 Å². The Morgan fingerprint density at radius 1 is 1.47 bits per heavy atom. The van der Waals surface area contributed by atoms with Crippen molar-refractivity contribution in [2.45, 2.75) is 39.2 Å². The van der Waals surface area contributed by atoms with Crippen molar-refractivity contribution in [3.63, 3.8) is 0 Å². The van der Waals surface area contributed by atoms with Crippen LogP contribution in [0.1, 0.15) is 31.5 Å². The van der Waals surface area contributed by atoms with Crippen LogP contribution < -0.4 is 4.90 Å². The summed E-state index contributed by atoms with van der Waals surface area (Å²) in [5.41, 5.74) is 2.45. The van der Waals surface area contributed by atoms with Crippen LogP contribution >= 0.6 is 0 Å². The first kappa shape index (κ1) is 11.9. The summed E-state index contributed by atoms with van der Waals surface area (Å²) in [4.78, 5) is 17.3. The Bertz CT molecular complexity index is 429. The lowest BCUT2D eigenvalue weighted by Gasteiger charge is -2.26. The third-order valence-corrected chi connectivity index (χ3v) is 3.14. The van der Waals surface area contributed by atoms with Crippen molar-refractivity contribution in [2.24, 2.45) is 0 Å². The zero-order chi connectivity index (χ0) is 12.4. The van der Waals surface area contributed by atoms with E-state index in [1.165, 1.54) is 5.56 Å². The van der Waals surface area contributed by atoms with Gasteiger partial charge < -0.3 is 10.0 Å². The summed E-state index contributed by atoms with van der Waals surface area (Å²) in [6.45, 7) is 3.97. The number of carboxylic acids is 1. The van der Waals surface area contributed by atoms with E-state index in [9.17, 15) is 4.79 Å². The van der Waals surface area contributed by atoms with Crippen molar-refractivity contribution in [1.82, 2.24) is 4.98 Å². The number of hydrogen-bond acceptors (Lipinski definition) is 3. The summed E-state index contributed by atoms with van der Waals surface area (Å²) in [5, 5.41) is 8.92. The SMILES string of the molecule is CC(C)N(CC(=O)O)c1ccc2c(n1)CCC2. The molecule has 17 heavy (non-hydrogen) atoms. The smallest absolute Gasteiger partial charge is 0.323 e. The Hall–Kier alpha value is -1.58. The minimum atomic E-state index is -0.819. The first-order valence-corrected chi connectivity index (χ1v) is 6.05. The van der Waals surface area contributed by atoms with Gasteiger partial charge in [0.1, 0.15) is 12.4 Å². The highest BCUT2D eigenvalue weighted by Crippen LogP contribution is 2.24. The molecule has 1 aliphatic rings. The Morgan fingerprint density at radius 2 is 2.24 bits per heavy atom. The highest BCUT2D eigenvalue weighted by atomic mass is 16.4. The lowest BCUT2D eigenvalue weighted by atomic mass is 10.2. The number of pyridine rings is 1. The van der Waals surface area contributed by atoms with Crippen LogP contribution in [0, 0.1) is 0 Å². The van der Waals surface area contributed by atoms with E-state index >= 15 is 0 Å². The first-order chi connectivity index (χ1) is 8.08. The molecule has 0 aromatic carbocycles. The Balaban J connectivity index is 2.27. The van der Waals surface area contributed by atoms with E-state index in [-0.39, 0.29) is 12.6 Å². The fourth-order valence-corrected chi connectivity index (χ4v) is 2.24. The van der Waals surface area contributed by atoms with E-state index in [1.807, 2.05) is 24.8 Å². The van der Waals surface area contributed by atoms with Crippen LogP contribution in [0.25, 0.3) is 0 Å². The molecular formula is C13H18N2O2. The number of aromatic nitrogens is 1. The molecule has 1 aliphatic carbocycles. The molecule has 1 N–H and O–H groups in total. The molecule has 1 heterocycles. The highest BCUT2D eigenvalue weighted by Gasteiger charge is 2.18. The van der Waals surface area contributed by atoms with Gasteiger partial charge in [0.15, 0.2) is 0 Å². The molecule has 0 fully saturated rings. The zero-order valence-electron chi connectivity index (χ0n) is 10.3. The maximum absolute atomic E-state index is 10.9. The van der Waals surface area contributed by atoms with Gasteiger partial charge in [-0.1, -0.05) is 6.07 Å². The molecule has 1 aromatic heterocycles. The fraction of sp³-hybridized carbons (Fsp3) is 0.538. The third-order valence-electron chi connectivity index (χ3n) is 3.14. The molecular weight excluding hydrogens is 216 g/mol. The zero-order valence-corrected chi connectivity index (χ0v) is 10.3. The van der Waals surface area contributed by atoms with Gasteiger partial charge in [-0.3, -0.25) is 4.79 Å². The summed E-state index contributed by atoms with van der Waals surface area (Å²) in [6, 6.07) is 4.16. The van der Waals surface area contributed by atoms with E-state index in [0.29, 0.717) is 0 Å². The number of rotatable bonds is 4. The largest absolute Gasteiger partial charge is 0.480 e. The minimum absolute atomic E-state index is 0.00343. The van der Waals surface area contributed by atoms with Crippen LogP contribution in [-0.2, 0) is 17.6 Å². The number of fused-ring (bicyclic) bond motifs is 1. The quantitative estimate of drug-likeness (QED) is 0.864. The maximum atomic E-state index is 10.9. The van der Waals surface area contributed by atoms with E-state index in [2.05, 4.69) is 11.1 Å². The predicted molar refractivity (Wildman–Crippen MR) is 66.4 cm³/mol. The molecule has 0 saturated carbocycles. The second-order valence-electron chi connectivity index (χ2n) is 4.74. The Kier molecular flexibility index (Phi) is 3.31. The van der Waals surface area contributed by atoms with Gasteiger partial charge in [0.05, 0.1) is 0 Å². The van der Waals surface area contributed by atoms with Crippen LogP contribution in [0.4, 0.5) is 5.82 Å². The van der Waals surface area contributed by atoms with Crippen LogP contribution in [-0.4, -0.2) is 28.6 Å². The van der Waals surface area contributed by atoms with Crippen LogP contribution in [0.2, 0.25) is 0 Å². The minimum Gasteiger partial charge on any atom is -0.480 e. The Morgan fingerprint density at radius 3 is 2.88 bits per heavy atom. The Labute approximate surface area is 101 Å². The van der Waals surface area contributed by atoms with Gasteiger partial charge >= 0.3 is 5.97 Å². The maximum Gasteiger partial charge on any atom is 0.323 e. The molecule has 0 aliphatic heterocycles. The lowest BCUT2D eigenvalue weighted by Crippen LogP contribution is -2.36. The fourth-order valence-electron chi connectivity index (χ4n) is 2.24. The van der Waals surface area contributed by atoms with Crippen molar-refractivity contribution in [3.8, 4) is 0 Å². The predicted octanol–water partition coefficient (Wildman–Crippen LogP) is 1.87. The first-order valence-electron chi connectivity index (χ1n) is 6.05. The average Bonchev–Trinajstić information content (AvgIpc) is 2.72. The highest BCUT2D eigenvalue weighted by molar-refractivity contribution is 5.73. The topological polar surface area (TPSA) is 53.4 Å². The normalized spacial score (nSPS) is 13.8. The summed E-state index contributed by atoms with van der Waals surface area (Å²) in [5.74, 6) is -0.0379. The van der Waals surface area contributed by atoms with Gasteiger partial charge in [0.25, 0.3) is 0 Å². The number of carboxylic acid groups (broad SMARTS) is 1. The molecule has 0 spiro atoms.